The summed E-state index contributed by atoms with van der Waals surface area (Å²) in [7, 11) is 0. The number of nitrogen functional groups attached to an aromatic ring is 1. The van der Waals surface area contributed by atoms with Gasteiger partial charge in [0.1, 0.15) is 5.69 Å². The second-order valence-corrected chi connectivity index (χ2v) is 5.27. The van der Waals surface area contributed by atoms with Gasteiger partial charge in [0.15, 0.2) is 0 Å². The van der Waals surface area contributed by atoms with Gasteiger partial charge in [-0.2, -0.15) is 0 Å². The third kappa shape index (κ3) is 3.13. The lowest BCUT2D eigenvalue weighted by Crippen LogP contribution is -2.40. The molecular formula is C14H20N4O3. The van der Waals surface area contributed by atoms with Crippen LogP contribution in [0.2, 0.25) is 0 Å². The number of hydrazine groups is 1. The molecule has 1 saturated heterocycles. The number of likely N-dealkylation sites (tertiary alicyclic amines) is 1. The number of benzene rings is 1. The van der Waals surface area contributed by atoms with E-state index >= 15 is 0 Å². The van der Waals surface area contributed by atoms with Crippen molar-refractivity contribution in [3.63, 3.8) is 0 Å². The minimum atomic E-state index is -0.545. The van der Waals surface area contributed by atoms with Gasteiger partial charge in [-0.15, -0.1) is 0 Å². The number of nitro groups is 1. The summed E-state index contributed by atoms with van der Waals surface area (Å²) < 4.78 is 0. The van der Waals surface area contributed by atoms with E-state index in [0.717, 1.165) is 19.3 Å². The summed E-state index contributed by atoms with van der Waals surface area (Å²) in [5.74, 6) is 5.68. The number of piperidine rings is 1. The van der Waals surface area contributed by atoms with Gasteiger partial charge in [0.05, 0.1) is 10.5 Å². The second-order valence-electron chi connectivity index (χ2n) is 5.27. The molecule has 7 nitrogen and oxygen atoms in total. The maximum absolute atomic E-state index is 12.6. The maximum Gasteiger partial charge on any atom is 0.294 e. The molecule has 1 aromatic carbocycles. The first-order valence-corrected chi connectivity index (χ1v) is 7.11. The molecule has 114 valence electrons. The summed E-state index contributed by atoms with van der Waals surface area (Å²) in [6.45, 7) is 3.49. The van der Waals surface area contributed by atoms with Gasteiger partial charge in [-0.1, -0.05) is 19.4 Å². The standard InChI is InChI=1S/C14H20N4O3/c1-2-10-5-4-8-17(9-10)14(19)11-6-3-7-12(18(20)21)13(11)16-15/h3,6-7,10,16H,2,4-5,8-9,15H2,1H3. The molecule has 1 fully saturated rings. The summed E-state index contributed by atoms with van der Waals surface area (Å²) >= 11 is 0. The highest BCUT2D eigenvalue weighted by Crippen LogP contribution is 2.29. The molecule has 1 aromatic rings. The molecule has 1 atom stereocenters. The van der Waals surface area contributed by atoms with E-state index in [1.807, 2.05) is 0 Å². The highest BCUT2D eigenvalue weighted by Gasteiger charge is 2.27. The van der Waals surface area contributed by atoms with Gasteiger partial charge in [0.2, 0.25) is 0 Å². The first-order valence-electron chi connectivity index (χ1n) is 7.11. The Morgan fingerprint density at radius 1 is 1.57 bits per heavy atom. The molecule has 0 radical (unpaired) electrons. The van der Waals surface area contributed by atoms with E-state index < -0.39 is 4.92 Å². The number of carbonyl (C=O) groups is 1. The van der Waals surface area contributed by atoms with Crippen molar-refractivity contribution in [3.8, 4) is 0 Å². The molecule has 0 aromatic heterocycles. The molecule has 7 heteroatoms. The number of nitrogens with two attached hydrogens (primary N) is 1. The molecule has 2 rings (SSSR count). The Morgan fingerprint density at radius 2 is 2.33 bits per heavy atom. The lowest BCUT2D eigenvalue weighted by Gasteiger charge is -2.32. The van der Waals surface area contributed by atoms with Crippen LogP contribution in [-0.2, 0) is 0 Å². The Hall–Kier alpha value is -2.15. The van der Waals surface area contributed by atoms with Crippen molar-refractivity contribution in [3.05, 3.63) is 33.9 Å². The number of hydrogen-bond acceptors (Lipinski definition) is 5. The van der Waals surface area contributed by atoms with E-state index in [2.05, 4.69) is 12.3 Å². The molecule has 1 heterocycles. The second kappa shape index (κ2) is 6.53. The number of carbonyl (C=O) groups excluding carboxylic acids is 1. The van der Waals surface area contributed by atoms with E-state index in [1.54, 1.807) is 11.0 Å². The zero-order valence-electron chi connectivity index (χ0n) is 12.0. The lowest BCUT2D eigenvalue weighted by atomic mass is 9.95. The molecule has 21 heavy (non-hydrogen) atoms. The third-order valence-electron chi connectivity index (χ3n) is 4.00. The van der Waals surface area contributed by atoms with Gasteiger partial charge in [0, 0.05) is 19.2 Å². The third-order valence-corrected chi connectivity index (χ3v) is 4.00. The van der Waals surface area contributed by atoms with Gasteiger partial charge in [-0.05, 0) is 24.8 Å². The summed E-state index contributed by atoms with van der Waals surface area (Å²) in [6.07, 6.45) is 3.11. The number of nitrogens with one attached hydrogen (secondary N) is 1. The zero-order chi connectivity index (χ0) is 15.4. The van der Waals surface area contributed by atoms with E-state index in [9.17, 15) is 14.9 Å². The van der Waals surface area contributed by atoms with E-state index in [1.165, 1.54) is 12.1 Å². The van der Waals surface area contributed by atoms with Gasteiger partial charge < -0.3 is 10.3 Å². The Kier molecular flexibility index (Phi) is 4.74. The Morgan fingerprint density at radius 3 is 2.95 bits per heavy atom. The zero-order valence-corrected chi connectivity index (χ0v) is 12.0. The molecule has 0 bridgehead atoms. The van der Waals surface area contributed by atoms with Crippen molar-refractivity contribution in [2.24, 2.45) is 11.8 Å². The Labute approximate surface area is 123 Å². The molecule has 1 unspecified atom stereocenters. The predicted octanol–water partition coefficient (Wildman–Crippen LogP) is 2.14. The van der Waals surface area contributed by atoms with Crippen LogP contribution in [-0.4, -0.2) is 28.8 Å². The molecule has 3 N–H and O–H groups in total. The van der Waals surface area contributed by atoms with Gasteiger partial charge >= 0.3 is 0 Å². The van der Waals surface area contributed by atoms with Crippen molar-refractivity contribution >= 4 is 17.3 Å². The molecule has 1 aliphatic rings. The molecule has 1 amide bonds. The van der Waals surface area contributed by atoms with Crippen LogP contribution in [0.15, 0.2) is 18.2 Å². The summed E-state index contributed by atoms with van der Waals surface area (Å²) in [5.41, 5.74) is 2.44. The Balaban J connectivity index is 2.30. The normalized spacial score (nSPS) is 18.4. The average molecular weight is 292 g/mol. The SMILES string of the molecule is CCC1CCCN(C(=O)c2cccc([N+](=O)[O-])c2NN)C1. The van der Waals surface area contributed by atoms with Crippen molar-refractivity contribution in [2.75, 3.05) is 18.5 Å². The summed E-state index contributed by atoms with van der Waals surface area (Å²) in [5, 5.41) is 11.0. The first kappa shape index (κ1) is 15.2. The van der Waals surface area contributed by atoms with Gasteiger partial charge in [0.25, 0.3) is 11.6 Å². The van der Waals surface area contributed by atoms with Crippen LogP contribution >= 0.6 is 0 Å². The van der Waals surface area contributed by atoms with Crippen molar-refractivity contribution in [1.82, 2.24) is 4.90 Å². The quantitative estimate of drug-likeness (QED) is 0.503. The predicted molar refractivity (Wildman–Crippen MR) is 79.8 cm³/mol. The highest BCUT2D eigenvalue weighted by atomic mass is 16.6. The average Bonchev–Trinajstić information content (AvgIpc) is 2.53. The van der Waals surface area contributed by atoms with E-state index in [-0.39, 0.29) is 22.8 Å². The molecule has 0 saturated carbocycles. The number of para-hydroxylation sites is 1. The fraction of sp³-hybridized carbons (Fsp3) is 0.500. The fourth-order valence-electron chi connectivity index (χ4n) is 2.78. The topological polar surface area (TPSA) is 102 Å². The van der Waals surface area contributed by atoms with E-state index in [0.29, 0.717) is 19.0 Å². The fourth-order valence-corrected chi connectivity index (χ4v) is 2.78. The van der Waals surface area contributed by atoms with Crippen LogP contribution in [0.5, 0.6) is 0 Å². The van der Waals surface area contributed by atoms with E-state index in [4.69, 9.17) is 5.84 Å². The largest absolute Gasteiger partial charge is 0.338 e. The summed E-state index contributed by atoms with van der Waals surface area (Å²) in [4.78, 5) is 24.9. The van der Waals surface area contributed by atoms with Crippen LogP contribution in [0.25, 0.3) is 0 Å². The number of amides is 1. The molecule has 0 aliphatic carbocycles. The smallest absolute Gasteiger partial charge is 0.294 e. The molecule has 1 aliphatic heterocycles. The number of hydrogen-bond donors (Lipinski definition) is 2. The maximum atomic E-state index is 12.6. The number of nitro benzene ring substituents is 1. The number of rotatable bonds is 4. The van der Waals surface area contributed by atoms with Gasteiger partial charge in [-0.3, -0.25) is 20.8 Å². The number of anilines is 1. The monoisotopic (exact) mass is 292 g/mol. The van der Waals surface area contributed by atoms with Crippen LogP contribution < -0.4 is 11.3 Å². The van der Waals surface area contributed by atoms with Crippen molar-refractivity contribution < 1.29 is 9.72 Å². The van der Waals surface area contributed by atoms with Gasteiger partial charge in [-0.25, -0.2) is 0 Å². The van der Waals surface area contributed by atoms with Crippen molar-refractivity contribution in [2.45, 2.75) is 26.2 Å². The number of nitrogens with zero attached hydrogens (tertiary/aromatic N) is 2. The molecular weight excluding hydrogens is 272 g/mol. The highest BCUT2D eigenvalue weighted by molar-refractivity contribution is 6.01. The summed E-state index contributed by atoms with van der Waals surface area (Å²) in [6, 6.07) is 4.41. The Bertz CT molecular complexity index is 547. The molecule has 0 spiro atoms. The van der Waals surface area contributed by atoms with Crippen molar-refractivity contribution in [1.29, 1.82) is 0 Å². The van der Waals surface area contributed by atoms with Crippen LogP contribution in [0, 0.1) is 16.0 Å². The first-order chi connectivity index (χ1) is 10.1. The van der Waals surface area contributed by atoms with Crippen LogP contribution in [0.3, 0.4) is 0 Å². The minimum Gasteiger partial charge on any atom is -0.338 e. The minimum absolute atomic E-state index is 0.0751. The lowest BCUT2D eigenvalue weighted by molar-refractivity contribution is -0.384. The van der Waals surface area contributed by atoms with Crippen LogP contribution in [0.1, 0.15) is 36.5 Å². The van der Waals surface area contributed by atoms with Crippen LogP contribution in [0.4, 0.5) is 11.4 Å².